The molecule has 0 radical (unpaired) electrons. The highest BCUT2D eigenvalue weighted by atomic mass is 16.5. The summed E-state index contributed by atoms with van der Waals surface area (Å²) in [7, 11) is 1.34. The van der Waals surface area contributed by atoms with Crippen molar-refractivity contribution in [3.8, 4) is 33.6 Å². The van der Waals surface area contributed by atoms with Gasteiger partial charge in [-0.3, -0.25) is 9.59 Å². The molecule has 294 valence electrons. The van der Waals surface area contributed by atoms with Crippen molar-refractivity contribution in [3.05, 3.63) is 108 Å². The molecule has 14 nitrogen and oxygen atoms in total. The van der Waals surface area contributed by atoms with Crippen molar-refractivity contribution < 1.29 is 29.0 Å². The summed E-state index contributed by atoms with van der Waals surface area (Å²) in [6.07, 6.45) is 7.47. The van der Waals surface area contributed by atoms with Crippen LogP contribution in [-0.2, 0) is 14.3 Å². The summed E-state index contributed by atoms with van der Waals surface area (Å²) in [6.45, 7) is 1.18. The molecule has 5 aromatic rings. The second-order valence-corrected chi connectivity index (χ2v) is 15.0. The average molecular weight is 771 g/mol. The second-order valence-electron chi connectivity index (χ2n) is 15.0. The Hall–Kier alpha value is -6.44. The lowest BCUT2D eigenvalue weighted by Crippen LogP contribution is -2.45. The van der Waals surface area contributed by atoms with Crippen molar-refractivity contribution in [2.45, 2.75) is 69.1 Å². The number of carboxylic acid groups (broad SMARTS) is 1. The van der Waals surface area contributed by atoms with Crippen LogP contribution in [0.5, 0.6) is 0 Å². The van der Waals surface area contributed by atoms with Gasteiger partial charge in [0.05, 0.1) is 48.9 Å². The molecule has 14 heteroatoms. The number of aromatic nitrogens is 4. The Bertz CT molecular complexity index is 2220. The average Bonchev–Trinajstić information content (AvgIpc) is 4.09. The third-order valence-electron chi connectivity index (χ3n) is 11.6. The van der Waals surface area contributed by atoms with E-state index in [0.29, 0.717) is 24.5 Å². The highest BCUT2D eigenvalue weighted by Crippen LogP contribution is 2.37. The van der Waals surface area contributed by atoms with Gasteiger partial charge < -0.3 is 40.2 Å². The molecule has 4 amide bonds. The third-order valence-corrected chi connectivity index (χ3v) is 11.6. The number of ether oxygens (including phenoxy) is 1. The zero-order valence-corrected chi connectivity index (χ0v) is 31.7. The van der Waals surface area contributed by atoms with Crippen molar-refractivity contribution >= 4 is 24.0 Å². The Morgan fingerprint density at radius 1 is 0.719 bits per heavy atom. The third kappa shape index (κ3) is 7.84. The van der Waals surface area contributed by atoms with Gasteiger partial charge in [-0.2, -0.15) is 0 Å². The fourth-order valence-corrected chi connectivity index (χ4v) is 8.69. The number of likely N-dealkylation sites (tertiary alicyclic amines) is 2. The monoisotopic (exact) mass is 770 g/mol. The number of rotatable bonds is 10. The Kier molecular flexibility index (Phi) is 10.7. The van der Waals surface area contributed by atoms with Gasteiger partial charge in [0.1, 0.15) is 17.7 Å². The van der Waals surface area contributed by atoms with Crippen LogP contribution in [0.3, 0.4) is 0 Å². The minimum atomic E-state index is -1.26. The van der Waals surface area contributed by atoms with Gasteiger partial charge in [0.25, 0.3) is 5.91 Å². The molecular weight excluding hydrogens is 725 g/mol. The molecule has 4 heterocycles. The van der Waals surface area contributed by atoms with Crippen molar-refractivity contribution in [1.29, 1.82) is 0 Å². The number of benzene rings is 3. The van der Waals surface area contributed by atoms with Crippen molar-refractivity contribution in [2.24, 2.45) is 5.92 Å². The molecule has 5 atom stereocenters. The van der Waals surface area contributed by atoms with Crippen LogP contribution in [0.2, 0.25) is 0 Å². The summed E-state index contributed by atoms with van der Waals surface area (Å²) in [5, 5.41) is 14.7. The Morgan fingerprint density at radius 2 is 1.26 bits per heavy atom. The number of carbonyl (C=O) groups is 4. The largest absolute Gasteiger partial charge is 0.465 e. The van der Waals surface area contributed by atoms with Crippen LogP contribution in [0.25, 0.3) is 33.6 Å². The van der Waals surface area contributed by atoms with Gasteiger partial charge in [0.15, 0.2) is 0 Å². The summed E-state index contributed by atoms with van der Waals surface area (Å²) < 4.78 is 4.79. The van der Waals surface area contributed by atoms with E-state index in [2.05, 4.69) is 62.0 Å². The fourth-order valence-electron chi connectivity index (χ4n) is 8.69. The molecule has 1 aliphatic carbocycles. The Labute approximate surface area is 330 Å². The predicted molar refractivity (Wildman–Crippen MR) is 211 cm³/mol. The van der Waals surface area contributed by atoms with Gasteiger partial charge in [0.2, 0.25) is 5.91 Å². The number of nitrogens with zero attached hydrogens (tertiary/aromatic N) is 4. The van der Waals surface area contributed by atoms with E-state index in [4.69, 9.17) is 9.72 Å². The summed E-state index contributed by atoms with van der Waals surface area (Å²) in [5.74, 6) is 0.940. The molecule has 3 aromatic carbocycles. The minimum Gasteiger partial charge on any atom is -0.465 e. The van der Waals surface area contributed by atoms with Crippen LogP contribution in [-0.4, -0.2) is 85.1 Å². The van der Waals surface area contributed by atoms with Crippen LogP contribution < -0.4 is 10.6 Å². The number of amides is 4. The smallest absolute Gasteiger partial charge is 0.407 e. The van der Waals surface area contributed by atoms with Gasteiger partial charge in [-0.25, -0.2) is 19.6 Å². The molecule has 1 saturated carbocycles. The second kappa shape index (κ2) is 16.3. The first-order valence-corrected chi connectivity index (χ1v) is 19.6. The van der Waals surface area contributed by atoms with Crippen molar-refractivity contribution in [2.75, 3.05) is 20.2 Å². The molecule has 8 rings (SSSR count). The lowest BCUT2D eigenvalue weighted by atomic mass is 10.0. The molecule has 5 N–H and O–H groups in total. The van der Waals surface area contributed by atoms with E-state index in [0.717, 1.165) is 84.4 Å². The lowest BCUT2D eigenvalue weighted by molar-refractivity contribution is -0.137. The normalized spacial score (nSPS) is 21.0. The SMILES string of the molecule is COC(=O)N[C@@H]1CCC[C@H]1C(=O)N1CCC[C@H]1c1ncc(-c2ccc(-c3ccc(-c4cnc([C@@H]5CCCN5C(=O)[C@H](NC(=O)O)c5ccccc5)[nH]4)cc3)cc2)[nH]1. The summed E-state index contributed by atoms with van der Waals surface area (Å²) in [6, 6.07) is 23.7. The molecular formula is C43H46N8O6. The van der Waals surface area contributed by atoms with E-state index in [-0.39, 0.29) is 35.9 Å². The molecule has 0 unspecified atom stereocenters. The molecule has 2 aromatic heterocycles. The zero-order chi connectivity index (χ0) is 39.5. The van der Waals surface area contributed by atoms with E-state index in [9.17, 15) is 24.3 Å². The zero-order valence-electron chi connectivity index (χ0n) is 31.7. The summed E-state index contributed by atoms with van der Waals surface area (Å²) in [4.78, 5) is 70.8. The maximum atomic E-state index is 13.7. The first-order chi connectivity index (χ1) is 27.8. The van der Waals surface area contributed by atoms with Crippen molar-refractivity contribution in [1.82, 2.24) is 40.4 Å². The number of methoxy groups -OCH3 is 1. The number of aromatic amines is 2. The molecule has 2 aliphatic heterocycles. The van der Waals surface area contributed by atoms with E-state index >= 15 is 0 Å². The molecule has 2 saturated heterocycles. The molecule has 57 heavy (non-hydrogen) atoms. The maximum Gasteiger partial charge on any atom is 0.407 e. The van der Waals surface area contributed by atoms with E-state index in [1.165, 1.54) is 7.11 Å². The molecule has 0 spiro atoms. The van der Waals surface area contributed by atoms with Gasteiger partial charge in [-0.05, 0) is 66.3 Å². The number of carbonyl (C=O) groups excluding carboxylic acids is 3. The van der Waals surface area contributed by atoms with Gasteiger partial charge in [0, 0.05) is 19.1 Å². The number of imidazole rings is 2. The number of hydrogen-bond donors (Lipinski definition) is 5. The van der Waals surface area contributed by atoms with Crippen LogP contribution in [0, 0.1) is 5.92 Å². The fraction of sp³-hybridized carbons (Fsp3) is 0.349. The quantitative estimate of drug-likeness (QED) is 0.101. The van der Waals surface area contributed by atoms with Gasteiger partial charge in [-0.1, -0.05) is 85.3 Å². The standard InChI is InChI=1S/C43H46N8O6/c1-57-43(56)48-32-11-5-10-31(32)40(52)50-22-6-12-35(50)38-44-24-33(46-38)28-18-14-26(15-19-28)27-16-20-29(21-17-27)34-25-45-39(47-34)36-13-7-23-51(36)41(53)37(49-42(54)55)30-8-3-2-4-9-30/h2-4,8-9,14-21,24-25,31-32,35-37,49H,5-7,10-13,22-23H2,1H3,(H,44,46)(H,45,47)(H,48,56)(H,54,55)/t31-,32-,35+,36+,37-/m1/s1. The summed E-state index contributed by atoms with van der Waals surface area (Å²) >= 11 is 0. The number of H-pyrrole nitrogens is 2. The highest BCUT2D eigenvalue weighted by Gasteiger charge is 2.41. The minimum absolute atomic E-state index is 0.0644. The van der Waals surface area contributed by atoms with Crippen LogP contribution in [0.4, 0.5) is 9.59 Å². The maximum absolute atomic E-state index is 13.7. The first-order valence-electron chi connectivity index (χ1n) is 19.6. The topological polar surface area (TPSA) is 186 Å². The first kappa shape index (κ1) is 37.5. The van der Waals surface area contributed by atoms with Gasteiger partial charge in [-0.15, -0.1) is 0 Å². The Morgan fingerprint density at radius 3 is 1.82 bits per heavy atom. The van der Waals surface area contributed by atoms with E-state index < -0.39 is 18.2 Å². The predicted octanol–water partition coefficient (Wildman–Crippen LogP) is 6.99. The van der Waals surface area contributed by atoms with Crippen LogP contribution >= 0.6 is 0 Å². The van der Waals surface area contributed by atoms with Crippen LogP contribution in [0.1, 0.15) is 80.3 Å². The number of nitrogens with one attached hydrogen (secondary N) is 4. The molecule has 0 bridgehead atoms. The van der Waals surface area contributed by atoms with E-state index in [1.807, 2.05) is 29.3 Å². The number of hydrogen-bond acceptors (Lipinski definition) is 7. The van der Waals surface area contributed by atoms with Crippen LogP contribution in [0.15, 0.2) is 91.3 Å². The lowest BCUT2D eigenvalue weighted by Gasteiger charge is -2.29. The van der Waals surface area contributed by atoms with Crippen molar-refractivity contribution in [3.63, 3.8) is 0 Å². The number of alkyl carbamates (subject to hydrolysis) is 1. The molecule has 3 aliphatic rings. The highest BCUT2D eigenvalue weighted by molar-refractivity contribution is 5.87. The Balaban J connectivity index is 0.914. The summed E-state index contributed by atoms with van der Waals surface area (Å²) in [5.41, 5.74) is 6.34. The van der Waals surface area contributed by atoms with Gasteiger partial charge >= 0.3 is 12.2 Å². The molecule has 3 fully saturated rings. The van der Waals surface area contributed by atoms with E-state index in [1.54, 1.807) is 35.4 Å².